The average molecular weight is 254 g/mol. The van der Waals surface area contributed by atoms with Crippen molar-refractivity contribution in [2.75, 3.05) is 12.9 Å². The van der Waals surface area contributed by atoms with Gasteiger partial charge in [-0.3, -0.25) is 0 Å². The van der Waals surface area contributed by atoms with E-state index in [1.165, 1.54) is 6.26 Å². The Balaban J connectivity index is 2.37. The summed E-state index contributed by atoms with van der Waals surface area (Å²) in [4.78, 5) is 0.307. The molecular formula is C13H15FO2S. The van der Waals surface area contributed by atoms with E-state index in [0.717, 1.165) is 36.0 Å². The molecule has 0 N–H and O–H groups in total. The zero-order valence-corrected chi connectivity index (χ0v) is 10.6. The van der Waals surface area contributed by atoms with Crippen LogP contribution in [0.2, 0.25) is 0 Å². The van der Waals surface area contributed by atoms with Crippen LogP contribution in [0.1, 0.15) is 24.8 Å². The van der Waals surface area contributed by atoms with Crippen LogP contribution >= 0.6 is 0 Å². The van der Waals surface area contributed by atoms with Gasteiger partial charge < -0.3 is 0 Å². The van der Waals surface area contributed by atoms with Gasteiger partial charge in [0.2, 0.25) is 0 Å². The summed E-state index contributed by atoms with van der Waals surface area (Å²) in [7, 11) is -3.15. The summed E-state index contributed by atoms with van der Waals surface area (Å²) >= 11 is 0. The summed E-state index contributed by atoms with van der Waals surface area (Å²) in [5.74, 6) is 0. The highest BCUT2D eigenvalue weighted by molar-refractivity contribution is 7.90. The number of rotatable bonds is 3. The molecule has 92 valence electrons. The molecule has 0 bridgehead atoms. The lowest BCUT2D eigenvalue weighted by molar-refractivity contribution is 0.536. The third-order valence-corrected chi connectivity index (χ3v) is 4.25. The minimum atomic E-state index is -3.15. The Labute approximate surface area is 101 Å². The van der Waals surface area contributed by atoms with Gasteiger partial charge in [-0.2, -0.15) is 0 Å². The second-order valence-corrected chi connectivity index (χ2v) is 6.38. The SMILES string of the molecule is CS(=O)(=O)c1ccc(C2=C(CF)CCC2)cc1. The van der Waals surface area contributed by atoms with Crippen LogP contribution < -0.4 is 0 Å². The van der Waals surface area contributed by atoms with E-state index in [1.54, 1.807) is 24.3 Å². The molecule has 1 aliphatic rings. The first-order valence-electron chi connectivity index (χ1n) is 5.59. The Morgan fingerprint density at radius 3 is 2.35 bits per heavy atom. The molecule has 2 rings (SSSR count). The fourth-order valence-corrected chi connectivity index (χ4v) is 2.84. The van der Waals surface area contributed by atoms with Crippen molar-refractivity contribution >= 4 is 15.4 Å². The molecule has 0 spiro atoms. The fraction of sp³-hybridized carbons (Fsp3) is 0.385. The van der Waals surface area contributed by atoms with E-state index in [0.29, 0.717) is 4.90 Å². The average Bonchev–Trinajstić information content (AvgIpc) is 2.76. The molecule has 0 fully saturated rings. The topological polar surface area (TPSA) is 34.1 Å². The van der Waals surface area contributed by atoms with E-state index >= 15 is 0 Å². The zero-order valence-electron chi connectivity index (χ0n) is 9.74. The summed E-state index contributed by atoms with van der Waals surface area (Å²) in [5.41, 5.74) is 2.85. The van der Waals surface area contributed by atoms with E-state index in [-0.39, 0.29) is 0 Å². The predicted octanol–water partition coefficient (Wildman–Crippen LogP) is 3.00. The molecule has 1 aliphatic carbocycles. The van der Waals surface area contributed by atoms with Gasteiger partial charge in [0.05, 0.1) is 4.90 Å². The molecule has 1 aromatic carbocycles. The molecule has 0 amide bonds. The maximum Gasteiger partial charge on any atom is 0.175 e. The van der Waals surface area contributed by atoms with Crippen LogP contribution in [0.25, 0.3) is 5.57 Å². The molecule has 0 saturated heterocycles. The van der Waals surface area contributed by atoms with E-state index in [9.17, 15) is 12.8 Å². The number of halogens is 1. The number of alkyl halides is 1. The van der Waals surface area contributed by atoms with Crippen LogP contribution in [-0.4, -0.2) is 21.3 Å². The van der Waals surface area contributed by atoms with Gasteiger partial charge >= 0.3 is 0 Å². The molecule has 0 unspecified atom stereocenters. The van der Waals surface area contributed by atoms with Crippen LogP contribution in [0.4, 0.5) is 4.39 Å². The van der Waals surface area contributed by atoms with Crippen molar-refractivity contribution in [1.29, 1.82) is 0 Å². The first-order chi connectivity index (χ1) is 8.02. The standard InChI is InChI=1S/C13H15FO2S/c1-17(15,16)12-7-5-10(6-8-12)13-4-2-3-11(13)9-14/h5-8H,2-4,9H2,1H3. The fourth-order valence-electron chi connectivity index (χ4n) is 2.21. The van der Waals surface area contributed by atoms with Gasteiger partial charge in [-0.05, 0) is 48.1 Å². The molecule has 0 aromatic heterocycles. The highest BCUT2D eigenvalue weighted by Gasteiger charge is 2.16. The third kappa shape index (κ3) is 2.57. The van der Waals surface area contributed by atoms with E-state index in [2.05, 4.69) is 0 Å². The van der Waals surface area contributed by atoms with Crippen LogP contribution in [-0.2, 0) is 9.84 Å². The maximum absolute atomic E-state index is 12.7. The maximum atomic E-state index is 12.7. The van der Waals surface area contributed by atoms with Crippen molar-refractivity contribution in [2.45, 2.75) is 24.2 Å². The first-order valence-corrected chi connectivity index (χ1v) is 7.49. The Kier molecular flexibility index (Phi) is 3.33. The smallest absolute Gasteiger partial charge is 0.175 e. The summed E-state index contributed by atoms with van der Waals surface area (Å²) in [6.45, 7) is -0.400. The highest BCUT2D eigenvalue weighted by Crippen LogP contribution is 2.34. The van der Waals surface area contributed by atoms with Gasteiger partial charge in [0.1, 0.15) is 6.67 Å². The Morgan fingerprint density at radius 1 is 1.18 bits per heavy atom. The van der Waals surface area contributed by atoms with E-state index in [1.807, 2.05) is 0 Å². The second kappa shape index (κ2) is 4.61. The lowest BCUT2D eigenvalue weighted by Gasteiger charge is -2.06. The summed E-state index contributed by atoms with van der Waals surface area (Å²) < 4.78 is 35.4. The van der Waals surface area contributed by atoms with Crippen molar-refractivity contribution in [2.24, 2.45) is 0 Å². The number of hydrogen-bond donors (Lipinski definition) is 0. The first kappa shape index (κ1) is 12.3. The van der Waals surface area contributed by atoms with Gasteiger partial charge in [-0.1, -0.05) is 12.1 Å². The van der Waals surface area contributed by atoms with Crippen LogP contribution in [0, 0.1) is 0 Å². The molecule has 0 atom stereocenters. The molecule has 4 heteroatoms. The number of allylic oxidation sites excluding steroid dienone is 2. The minimum Gasteiger partial charge on any atom is -0.246 e. The molecule has 1 aromatic rings. The van der Waals surface area contributed by atoms with Crippen molar-refractivity contribution in [3.8, 4) is 0 Å². The van der Waals surface area contributed by atoms with E-state index < -0.39 is 16.5 Å². The molecule has 2 nitrogen and oxygen atoms in total. The van der Waals surface area contributed by atoms with Gasteiger partial charge in [0, 0.05) is 6.26 Å². The van der Waals surface area contributed by atoms with Crippen molar-refractivity contribution in [3.05, 3.63) is 35.4 Å². The molecule has 0 aliphatic heterocycles. The van der Waals surface area contributed by atoms with Crippen LogP contribution in [0.3, 0.4) is 0 Å². The second-order valence-electron chi connectivity index (χ2n) is 4.37. The molecule has 0 radical (unpaired) electrons. The van der Waals surface area contributed by atoms with Gasteiger partial charge in [0.25, 0.3) is 0 Å². The summed E-state index contributed by atoms with van der Waals surface area (Å²) in [5, 5.41) is 0. The van der Waals surface area contributed by atoms with Gasteiger partial charge in [-0.15, -0.1) is 0 Å². The summed E-state index contributed by atoms with van der Waals surface area (Å²) in [6.07, 6.45) is 3.88. The number of hydrogen-bond acceptors (Lipinski definition) is 2. The van der Waals surface area contributed by atoms with Gasteiger partial charge in [-0.25, -0.2) is 12.8 Å². The third-order valence-electron chi connectivity index (χ3n) is 3.12. The van der Waals surface area contributed by atoms with Crippen molar-refractivity contribution < 1.29 is 12.8 Å². The quantitative estimate of drug-likeness (QED) is 0.831. The van der Waals surface area contributed by atoms with E-state index in [4.69, 9.17) is 0 Å². The van der Waals surface area contributed by atoms with Gasteiger partial charge in [0.15, 0.2) is 9.84 Å². The predicted molar refractivity (Wildman–Crippen MR) is 66.3 cm³/mol. The molecule has 0 heterocycles. The Hall–Kier alpha value is -1.16. The van der Waals surface area contributed by atoms with Crippen LogP contribution in [0.5, 0.6) is 0 Å². The van der Waals surface area contributed by atoms with Crippen molar-refractivity contribution in [3.63, 3.8) is 0 Å². The monoisotopic (exact) mass is 254 g/mol. The van der Waals surface area contributed by atoms with Crippen molar-refractivity contribution in [1.82, 2.24) is 0 Å². The molecule has 17 heavy (non-hydrogen) atoms. The largest absolute Gasteiger partial charge is 0.246 e. The lowest BCUT2D eigenvalue weighted by atomic mass is 10.0. The summed E-state index contributed by atoms with van der Waals surface area (Å²) in [6, 6.07) is 6.72. The number of benzene rings is 1. The minimum absolute atomic E-state index is 0.307. The highest BCUT2D eigenvalue weighted by atomic mass is 32.2. The molecule has 0 saturated carbocycles. The zero-order chi connectivity index (χ0) is 12.5. The molecular weight excluding hydrogens is 239 g/mol. The normalized spacial score (nSPS) is 16.6. The lowest BCUT2D eigenvalue weighted by Crippen LogP contribution is -1.97. The number of sulfone groups is 1. The van der Waals surface area contributed by atoms with Crippen LogP contribution in [0.15, 0.2) is 34.7 Å². The Bertz CT molecular complexity index is 541. The Morgan fingerprint density at radius 2 is 1.82 bits per heavy atom.